The predicted octanol–water partition coefficient (Wildman–Crippen LogP) is 3.00. The maximum atomic E-state index is 13.6. The molecular weight excluding hydrogens is 441 g/mol. The molecule has 1 aliphatic heterocycles. The Morgan fingerprint density at radius 1 is 1.18 bits per heavy atom. The molecule has 0 N–H and O–H groups in total. The molecule has 0 fully saturated rings. The van der Waals surface area contributed by atoms with E-state index in [0.717, 1.165) is 11.3 Å². The minimum atomic E-state index is -0.751. The van der Waals surface area contributed by atoms with Gasteiger partial charge in [0.1, 0.15) is 5.82 Å². The van der Waals surface area contributed by atoms with Gasteiger partial charge < -0.3 is 9.64 Å². The molecule has 0 saturated carbocycles. The highest BCUT2D eigenvalue weighted by atomic mass is 32.1. The lowest BCUT2D eigenvalue weighted by Crippen LogP contribution is -2.39. The number of nitrogens with zero attached hydrogens (tertiary/aromatic N) is 3. The number of aromatic nitrogens is 1. The number of hydrogen-bond acceptors (Lipinski definition) is 6. The van der Waals surface area contributed by atoms with Gasteiger partial charge in [-0.25, -0.2) is 14.2 Å². The van der Waals surface area contributed by atoms with Crippen molar-refractivity contribution >= 4 is 29.1 Å². The number of hydrogen-bond donors (Lipinski definition) is 0. The minimum absolute atomic E-state index is 0.194. The van der Waals surface area contributed by atoms with Crippen LogP contribution in [0.2, 0.25) is 0 Å². The molecule has 1 aliphatic rings. The van der Waals surface area contributed by atoms with E-state index in [2.05, 4.69) is 4.99 Å². The second-order valence-corrected chi connectivity index (χ2v) is 8.85. The average molecular weight is 466 g/mol. The lowest BCUT2D eigenvalue weighted by Gasteiger charge is -2.24. The highest BCUT2D eigenvalue weighted by Crippen LogP contribution is 2.30. The summed E-state index contributed by atoms with van der Waals surface area (Å²) in [6, 6.07) is 12.9. The van der Waals surface area contributed by atoms with Gasteiger partial charge >= 0.3 is 5.97 Å². The third kappa shape index (κ3) is 4.39. The number of halogens is 1. The van der Waals surface area contributed by atoms with E-state index >= 15 is 0 Å². The Hall–Kier alpha value is -3.52. The van der Waals surface area contributed by atoms with Crippen molar-refractivity contribution in [2.75, 3.05) is 25.6 Å². The minimum Gasteiger partial charge on any atom is -0.463 e. The first-order valence-corrected chi connectivity index (χ1v) is 11.3. The van der Waals surface area contributed by atoms with Crippen LogP contribution in [0.3, 0.4) is 0 Å². The van der Waals surface area contributed by atoms with Gasteiger partial charge in [-0.3, -0.25) is 9.36 Å². The predicted molar refractivity (Wildman–Crippen MR) is 128 cm³/mol. The van der Waals surface area contributed by atoms with Gasteiger partial charge in [-0.2, -0.15) is 0 Å². The lowest BCUT2D eigenvalue weighted by atomic mass is 9.96. The largest absolute Gasteiger partial charge is 0.463 e. The summed E-state index contributed by atoms with van der Waals surface area (Å²) in [4.78, 5) is 33.4. The van der Waals surface area contributed by atoms with E-state index < -0.39 is 17.8 Å². The van der Waals surface area contributed by atoms with Crippen molar-refractivity contribution < 1.29 is 13.9 Å². The molecule has 0 amide bonds. The summed E-state index contributed by atoms with van der Waals surface area (Å²) in [6.07, 6.45) is 1.81. The standard InChI is InChI=1S/C25H24FN3O3S/c1-5-32-24(31)21-15(2)27-25-29(22(21)17-8-10-18(26)11-9-17)23(30)20(33-25)14-16-6-12-19(13-7-16)28(3)4/h6-14,22H,5H2,1-4H3/b20-14-. The van der Waals surface area contributed by atoms with Crippen molar-refractivity contribution in [1.29, 1.82) is 0 Å². The Kier molecular flexibility index (Phi) is 6.29. The number of ether oxygens (including phenoxy) is 1. The Morgan fingerprint density at radius 2 is 1.85 bits per heavy atom. The zero-order valence-corrected chi connectivity index (χ0v) is 19.6. The summed E-state index contributed by atoms with van der Waals surface area (Å²) in [7, 11) is 3.93. The monoisotopic (exact) mass is 465 g/mol. The van der Waals surface area contributed by atoms with Crippen molar-refractivity contribution in [2.45, 2.75) is 19.9 Å². The number of carbonyl (C=O) groups is 1. The van der Waals surface area contributed by atoms with Crippen molar-refractivity contribution in [2.24, 2.45) is 4.99 Å². The highest BCUT2D eigenvalue weighted by Gasteiger charge is 2.33. The van der Waals surface area contributed by atoms with Gasteiger partial charge in [-0.1, -0.05) is 35.6 Å². The SMILES string of the molecule is CCOC(=O)C1=C(C)N=c2s/c(=C\c3ccc(N(C)C)cc3)c(=O)n2C1c1ccc(F)cc1. The fourth-order valence-electron chi connectivity index (χ4n) is 3.77. The number of fused-ring (bicyclic) bond motifs is 1. The van der Waals surface area contributed by atoms with Crippen LogP contribution in [0.1, 0.15) is 31.0 Å². The summed E-state index contributed by atoms with van der Waals surface area (Å²) >= 11 is 1.26. The molecular formula is C25H24FN3O3S. The number of anilines is 1. The van der Waals surface area contributed by atoms with E-state index in [4.69, 9.17) is 4.74 Å². The van der Waals surface area contributed by atoms with Crippen molar-refractivity contribution in [3.05, 3.63) is 96.4 Å². The van der Waals surface area contributed by atoms with Crippen LogP contribution in [0.4, 0.5) is 10.1 Å². The molecule has 33 heavy (non-hydrogen) atoms. The van der Waals surface area contributed by atoms with Crippen molar-refractivity contribution in [1.82, 2.24) is 4.57 Å². The molecule has 3 aromatic rings. The summed E-state index contributed by atoms with van der Waals surface area (Å²) in [5, 5.41) is 0. The Balaban J connectivity index is 1.90. The number of thiazole rings is 1. The molecule has 1 unspecified atom stereocenters. The van der Waals surface area contributed by atoms with E-state index in [-0.39, 0.29) is 17.7 Å². The zero-order chi connectivity index (χ0) is 23.7. The van der Waals surface area contributed by atoms with Crippen LogP contribution >= 0.6 is 11.3 Å². The van der Waals surface area contributed by atoms with Gasteiger partial charge in [0.25, 0.3) is 5.56 Å². The second-order valence-electron chi connectivity index (χ2n) is 7.84. The maximum absolute atomic E-state index is 13.6. The zero-order valence-electron chi connectivity index (χ0n) is 18.8. The molecule has 4 rings (SSSR count). The van der Waals surface area contributed by atoms with E-state index in [1.54, 1.807) is 26.0 Å². The van der Waals surface area contributed by atoms with Crippen LogP contribution in [0.15, 0.2) is 69.6 Å². The van der Waals surface area contributed by atoms with E-state index in [9.17, 15) is 14.0 Å². The van der Waals surface area contributed by atoms with E-state index in [1.807, 2.05) is 49.3 Å². The van der Waals surface area contributed by atoms with Crippen LogP contribution in [-0.2, 0) is 9.53 Å². The number of carbonyl (C=O) groups excluding carboxylic acids is 1. The first kappa shape index (κ1) is 22.7. The fourth-order valence-corrected chi connectivity index (χ4v) is 4.82. The summed E-state index contributed by atoms with van der Waals surface area (Å²) < 4.78 is 20.9. The normalized spacial score (nSPS) is 15.8. The number of rotatable bonds is 5. The van der Waals surface area contributed by atoms with Crippen LogP contribution < -0.4 is 19.8 Å². The second kappa shape index (κ2) is 9.15. The third-order valence-electron chi connectivity index (χ3n) is 5.41. The summed E-state index contributed by atoms with van der Waals surface area (Å²) in [5.74, 6) is -0.938. The average Bonchev–Trinajstić information content (AvgIpc) is 3.08. The molecule has 0 saturated heterocycles. The molecule has 0 spiro atoms. The van der Waals surface area contributed by atoms with E-state index in [1.165, 1.54) is 28.0 Å². The number of benzene rings is 2. The third-order valence-corrected chi connectivity index (χ3v) is 6.39. The molecule has 1 aromatic heterocycles. The Bertz CT molecular complexity index is 1400. The van der Waals surface area contributed by atoms with Gasteiger partial charge in [0, 0.05) is 19.8 Å². The molecule has 170 valence electrons. The first-order valence-electron chi connectivity index (χ1n) is 10.5. The van der Waals surface area contributed by atoms with E-state index in [0.29, 0.717) is 20.6 Å². The lowest BCUT2D eigenvalue weighted by molar-refractivity contribution is -0.139. The van der Waals surface area contributed by atoms with Crippen LogP contribution in [0.25, 0.3) is 6.08 Å². The quantitative estimate of drug-likeness (QED) is 0.544. The van der Waals surface area contributed by atoms with Crippen molar-refractivity contribution in [3.8, 4) is 0 Å². The molecule has 1 atom stereocenters. The number of allylic oxidation sites excluding steroid dienone is 1. The molecule has 0 bridgehead atoms. The summed E-state index contributed by atoms with van der Waals surface area (Å²) in [6.45, 7) is 3.64. The van der Waals surface area contributed by atoms with Gasteiger partial charge in [0.15, 0.2) is 4.80 Å². The molecule has 2 aromatic carbocycles. The molecule has 6 nitrogen and oxygen atoms in total. The Labute approximate surface area is 194 Å². The van der Waals surface area contributed by atoms with Gasteiger partial charge in [-0.15, -0.1) is 0 Å². The molecule has 0 aliphatic carbocycles. The van der Waals surface area contributed by atoms with Gasteiger partial charge in [-0.05, 0) is 55.3 Å². The maximum Gasteiger partial charge on any atom is 0.338 e. The summed E-state index contributed by atoms with van der Waals surface area (Å²) in [5.41, 5.74) is 3.03. The number of esters is 1. The van der Waals surface area contributed by atoms with Gasteiger partial charge in [0.05, 0.1) is 28.5 Å². The van der Waals surface area contributed by atoms with Crippen LogP contribution in [-0.4, -0.2) is 31.2 Å². The van der Waals surface area contributed by atoms with Crippen LogP contribution in [0.5, 0.6) is 0 Å². The molecule has 2 heterocycles. The first-order chi connectivity index (χ1) is 15.8. The van der Waals surface area contributed by atoms with Gasteiger partial charge in [0.2, 0.25) is 0 Å². The van der Waals surface area contributed by atoms with Crippen LogP contribution in [0, 0.1) is 5.82 Å². The van der Waals surface area contributed by atoms with Crippen molar-refractivity contribution in [3.63, 3.8) is 0 Å². The fraction of sp³-hybridized carbons (Fsp3) is 0.240. The Morgan fingerprint density at radius 3 is 2.45 bits per heavy atom. The topological polar surface area (TPSA) is 63.9 Å². The molecule has 0 radical (unpaired) electrons. The smallest absolute Gasteiger partial charge is 0.338 e. The molecule has 8 heteroatoms. The highest BCUT2D eigenvalue weighted by molar-refractivity contribution is 7.07.